The van der Waals surface area contributed by atoms with Crippen LogP contribution in [0.2, 0.25) is 0 Å². The van der Waals surface area contributed by atoms with E-state index in [-0.39, 0.29) is 5.82 Å². The summed E-state index contributed by atoms with van der Waals surface area (Å²) >= 11 is 1.45. The Labute approximate surface area is 93.3 Å². The molecule has 0 radical (unpaired) electrons. The fraction of sp³-hybridized carbons (Fsp3) is 0.100. The van der Waals surface area contributed by atoms with Crippen molar-refractivity contribution < 1.29 is 8.60 Å². The molecule has 1 atom stereocenters. The van der Waals surface area contributed by atoms with Crippen LogP contribution in [-0.4, -0.2) is 9.19 Å². The number of halogens is 1. The molecule has 0 amide bonds. The van der Waals surface area contributed by atoms with Gasteiger partial charge in [0.05, 0.1) is 22.1 Å². The molecule has 15 heavy (non-hydrogen) atoms. The number of nitrogens with zero attached hydrogens (tertiary/aromatic N) is 1. The minimum Gasteiger partial charge on any atom is -0.254 e. The second kappa shape index (κ2) is 4.63. The maximum atomic E-state index is 12.9. The highest BCUT2D eigenvalue weighted by molar-refractivity contribution is 7.84. The zero-order valence-corrected chi connectivity index (χ0v) is 9.35. The Morgan fingerprint density at radius 2 is 2.33 bits per heavy atom. The number of thiazole rings is 1. The summed E-state index contributed by atoms with van der Waals surface area (Å²) in [7, 11) is -1.19. The molecule has 1 heterocycles. The van der Waals surface area contributed by atoms with E-state index in [9.17, 15) is 8.60 Å². The molecule has 0 saturated heterocycles. The molecule has 1 aromatic carbocycles. The first-order valence-corrected chi connectivity index (χ1v) is 6.47. The van der Waals surface area contributed by atoms with Gasteiger partial charge in [0, 0.05) is 16.0 Å². The zero-order valence-electron chi connectivity index (χ0n) is 7.72. The van der Waals surface area contributed by atoms with E-state index < -0.39 is 10.8 Å². The quantitative estimate of drug-likeness (QED) is 0.826. The van der Waals surface area contributed by atoms with Crippen molar-refractivity contribution in [2.24, 2.45) is 0 Å². The average molecular weight is 241 g/mol. The number of hydrogen-bond donors (Lipinski definition) is 0. The van der Waals surface area contributed by atoms with Gasteiger partial charge in [0.2, 0.25) is 0 Å². The molecular weight excluding hydrogens is 233 g/mol. The van der Waals surface area contributed by atoms with Crippen molar-refractivity contribution in [1.29, 1.82) is 0 Å². The summed E-state index contributed by atoms with van der Waals surface area (Å²) in [5.74, 6) is 0.0406. The maximum Gasteiger partial charge on any atom is 0.124 e. The highest BCUT2D eigenvalue weighted by atomic mass is 32.2. The van der Waals surface area contributed by atoms with E-state index in [2.05, 4.69) is 4.98 Å². The second-order valence-electron chi connectivity index (χ2n) is 2.91. The van der Waals surface area contributed by atoms with Crippen LogP contribution in [0.15, 0.2) is 40.9 Å². The molecule has 2 rings (SSSR count). The highest BCUT2D eigenvalue weighted by Gasteiger charge is 2.06. The summed E-state index contributed by atoms with van der Waals surface area (Å²) < 4.78 is 24.6. The predicted octanol–water partition coefficient (Wildman–Crippen LogP) is 2.59. The Morgan fingerprint density at radius 3 is 3.00 bits per heavy atom. The molecule has 78 valence electrons. The van der Waals surface area contributed by atoms with Crippen LogP contribution in [-0.2, 0) is 16.6 Å². The molecule has 2 nitrogen and oxygen atoms in total. The lowest BCUT2D eigenvalue weighted by atomic mass is 10.4. The van der Waals surface area contributed by atoms with E-state index in [1.165, 1.54) is 23.5 Å². The highest BCUT2D eigenvalue weighted by Crippen LogP contribution is 2.15. The fourth-order valence-electron chi connectivity index (χ4n) is 1.13. The normalized spacial score (nSPS) is 12.6. The van der Waals surface area contributed by atoms with Crippen molar-refractivity contribution in [1.82, 2.24) is 4.98 Å². The SMILES string of the molecule is O=S(Cc1cncs1)c1cccc(F)c1. The third kappa shape index (κ3) is 2.70. The Balaban J connectivity index is 2.15. The lowest BCUT2D eigenvalue weighted by molar-refractivity contribution is 0.622. The van der Waals surface area contributed by atoms with Gasteiger partial charge in [-0.05, 0) is 18.2 Å². The minimum absolute atomic E-state index is 0.356. The van der Waals surface area contributed by atoms with Crippen molar-refractivity contribution in [3.63, 3.8) is 0 Å². The predicted molar refractivity (Wildman–Crippen MR) is 58.6 cm³/mol. The van der Waals surface area contributed by atoms with E-state index in [1.807, 2.05) is 0 Å². The number of aromatic nitrogens is 1. The number of rotatable bonds is 3. The minimum atomic E-state index is -1.19. The Morgan fingerprint density at radius 1 is 1.47 bits per heavy atom. The van der Waals surface area contributed by atoms with Gasteiger partial charge in [0.15, 0.2) is 0 Å². The van der Waals surface area contributed by atoms with E-state index in [0.717, 1.165) is 4.88 Å². The van der Waals surface area contributed by atoms with Crippen molar-refractivity contribution in [3.05, 3.63) is 46.7 Å². The van der Waals surface area contributed by atoms with Crippen LogP contribution >= 0.6 is 11.3 Å². The molecule has 2 aromatic rings. The standard InChI is InChI=1S/C10H8FNOS2/c11-8-2-1-3-10(4-8)15(13)6-9-5-12-7-14-9/h1-5,7H,6H2. The number of hydrogen-bond acceptors (Lipinski definition) is 3. The molecule has 0 N–H and O–H groups in total. The Hall–Kier alpha value is -1.07. The van der Waals surface area contributed by atoms with Gasteiger partial charge < -0.3 is 0 Å². The lowest BCUT2D eigenvalue weighted by Gasteiger charge is -1.99. The molecule has 0 spiro atoms. The molecule has 5 heteroatoms. The largest absolute Gasteiger partial charge is 0.254 e. The van der Waals surface area contributed by atoms with Crippen LogP contribution < -0.4 is 0 Å². The van der Waals surface area contributed by atoms with Crippen LogP contribution in [0.1, 0.15) is 4.88 Å². The molecule has 0 aliphatic rings. The topological polar surface area (TPSA) is 30.0 Å². The van der Waals surface area contributed by atoms with Crippen LogP contribution in [0.25, 0.3) is 0 Å². The van der Waals surface area contributed by atoms with Gasteiger partial charge in [-0.1, -0.05) is 6.07 Å². The zero-order chi connectivity index (χ0) is 10.7. The van der Waals surface area contributed by atoms with Crippen LogP contribution in [0, 0.1) is 5.82 Å². The summed E-state index contributed by atoms with van der Waals surface area (Å²) in [6.07, 6.45) is 1.68. The van der Waals surface area contributed by atoms with Gasteiger partial charge in [0.1, 0.15) is 5.82 Å². The summed E-state index contributed by atoms with van der Waals surface area (Å²) in [5.41, 5.74) is 1.69. The first-order valence-electron chi connectivity index (χ1n) is 4.27. The Bertz CT molecular complexity index is 470. The maximum absolute atomic E-state index is 12.9. The molecule has 1 aromatic heterocycles. The van der Waals surface area contributed by atoms with Crippen molar-refractivity contribution in [2.45, 2.75) is 10.6 Å². The van der Waals surface area contributed by atoms with Crippen LogP contribution in [0.5, 0.6) is 0 Å². The fourth-order valence-corrected chi connectivity index (χ4v) is 3.08. The molecule has 0 fully saturated rings. The van der Waals surface area contributed by atoms with E-state index in [0.29, 0.717) is 10.6 Å². The molecule has 0 saturated carbocycles. The van der Waals surface area contributed by atoms with E-state index in [4.69, 9.17) is 0 Å². The van der Waals surface area contributed by atoms with Gasteiger partial charge in [-0.25, -0.2) is 4.39 Å². The summed E-state index contributed by atoms with van der Waals surface area (Å²) in [4.78, 5) is 5.36. The van der Waals surface area contributed by atoms with Gasteiger partial charge >= 0.3 is 0 Å². The van der Waals surface area contributed by atoms with Crippen molar-refractivity contribution >= 4 is 22.1 Å². The van der Waals surface area contributed by atoms with Gasteiger partial charge in [-0.15, -0.1) is 11.3 Å². The molecular formula is C10H8FNOS2. The second-order valence-corrected chi connectivity index (χ2v) is 5.34. The molecule has 0 aliphatic carbocycles. The number of benzene rings is 1. The van der Waals surface area contributed by atoms with E-state index in [1.54, 1.807) is 23.8 Å². The van der Waals surface area contributed by atoms with Gasteiger partial charge in [-0.2, -0.15) is 0 Å². The molecule has 0 aliphatic heterocycles. The summed E-state index contributed by atoms with van der Waals surface area (Å²) in [6.45, 7) is 0. The van der Waals surface area contributed by atoms with Crippen LogP contribution in [0.4, 0.5) is 4.39 Å². The van der Waals surface area contributed by atoms with Gasteiger partial charge in [-0.3, -0.25) is 9.19 Å². The van der Waals surface area contributed by atoms with Gasteiger partial charge in [0.25, 0.3) is 0 Å². The first-order chi connectivity index (χ1) is 7.25. The lowest BCUT2D eigenvalue weighted by Crippen LogP contribution is -1.95. The third-order valence-electron chi connectivity index (χ3n) is 1.82. The van der Waals surface area contributed by atoms with Crippen molar-refractivity contribution in [2.75, 3.05) is 0 Å². The summed E-state index contributed by atoms with van der Waals surface area (Å²) in [5, 5.41) is 0. The monoisotopic (exact) mass is 241 g/mol. The van der Waals surface area contributed by atoms with Crippen LogP contribution in [0.3, 0.4) is 0 Å². The molecule has 1 unspecified atom stereocenters. The Kier molecular flexibility index (Phi) is 3.23. The smallest absolute Gasteiger partial charge is 0.124 e. The first kappa shape index (κ1) is 10.4. The van der Waals surface area contributed by atoms with Crippen molar-refractivity contribution in [3.8, 4) is 0 Å². The average Bonchev–Trinajstić information content (AvgIpc) is 2.70. The molecule has 0 bridgehead atoms. The van der Waals surface area contributed by atoms with E-state index >= 15 is 0 Å². The summed E-state index contributed by atoms with van der Waals surface area (Å²) in [6, 6.07) is 5.88. The third-order valence-corrected chi connectivity index (χ3v) is 4.13.